The molecule has 0 saturated carbocycles. The fraction of sp³-hybridized carbons (Fsp3) is 0.286. The lowest BCUT2D eigenvalue weighted by molar-refractivity contribution is 0.496. The third-order valence-electron chi connectivity index (χ3n) is 3.06. The van der Waals surface area contributed by atoms with Crippen LogP contribution in [0.25, 0.3) is 0 Å². The van der Waals surface area contributed by atoms with Gasteiger partial charge in [-0.1, -0.05) is 27.5 Å². The summed E-state index contributed by atoms with van der Waals surface area (Å²) in [6, 6.07) is 6.07. The molecule has 1 aromatic heterocycles. The van der Waals surface area contributed by atoms with Crippen LogP contribution in [0.5, 0.6) is 0 Å². The van der Waals surface area contributed by atoms with Gasteiger partial charge in [0.15, 0.2) is 0 Å². The first kappa shape index (κ1) is 16.5. The highest BCUT2D eigenvalue weighted by molar-refractivity contribution is 9.10. The van der Waals surface area contributed by atoms with Crippen LogP contribution >= 0.6 is 27.5 Å². The third-order valence-corrected chi connectivity index (χ3v) is 5.58. The van der Waals surface area contributed by atoms with E-state index in [0.29, 0.717) is 5.76 Å². The highest BCUT2D eigenvalue weighted by Crippen LogP contribution is 2.28. The van der Waals surface area contributed by atoms with Gasteiger partial charge >= 0.3 is 0 Å². The molecule has 114 valence electrons. The van der Waals surface area contributed by atoms with Gasteiger partial charge in [-0.2, -0.15) is 0 Å². The Bertz CT molecular complexity index is 771. The van der Waals surface area contributed by atoms with E-state index < -0.39 is 16.1 Å². The molecule has 1 heterocycles. The van der Waals surface area contributed by atoms with E-state index >= 15 is 0 Å². The zero-order valence-corrected chi connectivity index (χ0v) is 14.9. The average Bonchev–Trinajstić information content (AvgIpc) is 2.67. The Morgan fingerprint density at radius 1 is 1.29 bits per heavy atom. The standard InChI is InChI=1S/C14H15BrClNO3S/c1-8-6-12(10(3)20-8)9(2)17-21(18,19)14-5-4-11(15)7-13(14)16/h4-7,9,17H,1-3H3. The monoisotopic (exact) mass is 391 g/mol. The summed E-state index contributed by atoms with van der Waals surface area (Å²) in [5, 5.41) is 0.171. The predicted octanol–water partition coefficient (Wildman–Crippen LogP) is 4.35. The molecule has 0 spiro atoms. The van der Waals surface area contributed by atoms with Crippen LogP contribution in [0.15, 0.2) is 38.1 Å². The zero-order chi connectivity index (χ0) is 15.8. The SMILES string of the molecule is Cc1cc(C(C)NS(=O)(=O)c2ccc(Br)cc2Cl)c(C)o1. The number of rotatable bonds is 4. The first-order valence-electron chi connectivity index (χ1n) is 6.25. The largest absolute Gasteiger partial charge is 0.466 e. The Labute approximate surface area is 137 Å². The van der Waals surface area contributed by atoms with Gasteiger partial charge in [-0.05, 0) is 45.0 Å². The zero-order valence-electron chi connectivity index (χ0n) is 11.8. The van der Waals surface area contributed by atoms with Gasteiger partial charge in [0, 0.05) is 16.1 Å². The van der Waals surface area contributed by atoms with Gasteiger partial charge < -0.3 is 4.42 Å². The quantitative estimate of drug-likeness (QED) is 0.841. The molecular weight excluding hydrogens is 378 g/mol. The maximum atomic E-state index is 12.4. The number of hydrogen-bond donors (Lipinski definition) is 1. The van der Waals surface area contributed by atoms with E-state index in [9.17, 15) is 8.42 Å². The number of halogens is 2. The summed E-state index contributed by atoms with van der Waals surface area (Å²) >= 11 is 9.26. The maximum absolute atomic E-state index is 12.4. The van der Waals surface area contributed by atoms with Crippen molar-refractivity contribution >= 4 is 37.6 Å². The van der Waals surface area contributed by atoms with E-state index in [1.165, 1.54) is 6.07 Å². The van der Waals surface area contributed by atoms with Crippen LogP contribution in [-0.2, 0) is 10.0 Å². The minimum atomic E-state index is -3.71. The molecule has 21 heavy (non-hydrogen) atoms. The van der Waals surface area contributed by atoms with Gasteiger partial charge in [-0.15, -0.1) is 0 Å². The second-order valence-corrected chi connectivity index (χ2v) is 7.79. The van der Waals surface area contributed by atoms with Gasteiger partial charge in [0.25, 0.3) is 0 Å². The van der Waals surface area contributed by atoms with Crippen molar-refractivity contribution in [2.24, 2.45) is 0 Å². The van der Waals surface area contributed by atoms with Gasteiger partial charge in [0.05, 0.1) is 5.02 Å². The molecule has 0 aliphatic carbocycles. The second-order valence-electron chi connectivity index (χ2n) is 4.79. The van der Waals surface area contributed by atoms with Gasteiger partial charge in [0.2, 0.25) is 10.0 Å². The van der Waals surface area contributed by atoms with Gasteiger partial charge in [-0.25, -0.2) is 13.1 Å². The number of sulfonamides is 1. The average molecular weight is 393 g/mol. The maximum Gasteiger partial charge on any atom is 0.242 e. The van der Waals surface area contributed by atoms with E-state index in [0.717, 1.165) is 15.8 Å². The summed E-state index contributed by atoms with van der Waals surface area (Å²) in [7, 11) is -3.71. The number of hydrogen-bond acceptors (Lipinski definition) is 3. The minimum Gasteiger partial charge on any atom is -0.466 e. The summed E-state index contributed by atoms with van der Waals surface area (Å²) in [4.78, 5) is 0.0529. The smallest absolute Gasteiger partial charge is 0.242 e. The van der Waals surface area contributed by atoms with Crippen LogP contribution in [0.4, 0.5) is 0 Å². The first-order chi connectivity index (χ1) is 9.70. The molecule has 1 atom stereocenters. The second kappa shape index (κ2) is 6.12. The molecule has 0 aliphatic heterocycles. The van der Waals surface area contributed by atoms with Crippen molar-refractivity contribution < 1.29 is 12.8 Å². The Balaban J connectivity index is 2.31. The molecule has 2 rings (SSSR count). The lowest BCUT2D eigenvalue weighted by atomic mass is 10.1. The Morgan fingerprint density at radius 3 is 2.48 bits per heavy atom. The van der Waals surface area contributed by atoms with Crippen molar-refractivity contribution in [1.29, 1.82) is 0 Å². The van der Waals surface area contributed by atoms with Crippen molar-refractivity contribution in [3.63, 3.8) is 0 Å². The minimum absolute atomic E-state index is 0.0529. The molecule has 2 aromatic rings. The fourth-order valence-corrected chi connectivity index (χ4v) is 4.39. The Hall–Kier alpha value is -0.820. The molecule has 0 amide bonds. The summed E-state index contributed by atoms with van der Waals surface area (Å²) in [5.41, 5.74) is 0.810. The van der Waals surface area contributed by atoms with Crippen molar-refractivity contribution in [2.45, 2.75) is 31.7 Å². The fourth-order valence-electron chi connectivity index (χ4n) is 2.13. The molecule has 1 unspecified atom stereocenters. The molecule has 0 bridgehead atoms. The normalized spacial score (nSPS) is 13.4. The van der Waals surface area contributed by atoms with Crippen LogP contribution < -0.4 is 4.72 Å². The van der Waals surface area contributed by atoms with Gasteiger partial charge in [-0.3, -0.25) is 0 Å². The molecular formula is C14H15BrClNO3S. The van der Waals surface area contributed by atoms with Crippen molar-refractivity contribution in [3.05, 3.63) is 50.8 Å². The lowest BCUT2D eigenvalue weighted by Gasteiger charge is -2.14. The molecule has 0 fully saturated rings. The molecule has 1 aromatic carbocycles. The number of aryl methyl sites for hydroxylation is 2. The lowest BCUT2D eigenvalue weighted by Crippen LogP contribution is -2.27. The predicted molar refractivity (Wildman–Crippen MR) is 86.1 cm³/mol. The van der Waals surface area contributed by atoms with E-state index in [1.807, 2.05) is 13.0 Å². The summed E-state index contributed by atoms with van der Waals surface area (Å²) in [6.45, 7) is 5.39. The van der Waals surface area contributed by atoms with E-state index in [-0.39, 0.29) is 9.92 Å². The topological polar surface area (TPSA) is 59.3 Å². The first-order valence-corrected chi connectivity index (χ1v) is 8.90. The van der Waals surface area contributed by atoms with Crippen LogP contribution in [0.1, 0.15) is 30.0 Å². The third kappa shape index (κ3) is 3.69. The van der Waals surface area contributed by atoms with Gasteiger partial charge in [0.1, 0.15) is 16.4 Å². The van der Waals surface area contributed by atoms with Crippen LogP contribution in [0.3, 0.4) is 0 Å². The number of benzene rings is 1. The van der Waals surface area contributed by atoms with Crippen molar-refractivity contribution in [1.82, 2.24) is 4.72 Å². The van der Waals surface area contributed by atoms with Crippen molar-refractivity contribution in [2.75, 3.05) is 0 Å². The molecule has 0 saturated heterocycles. The van der Waals surface area contributed by atoms with Crippen LogP contribution in [-0.4, -0.2) is 8.42 Å². The van der Waals surface area contributed by atoms with E-state index in [2.05, 4.69) is 20.7 Å². The molecule has 0 aliphatic rings. The molecule has 1 N–H and O–H groups in total. The number of nitrogens with one attached hydrogen (secondary N) is 1. The van der Waals surface area contributed by atoms with E-state index in [1.54, 1.807) is 26.0 Å². The number of furan rings is 1. The summed E-state index contributed by atoms with van der Waals surface area (Å²) in [5.74, 6) is 1.44. The highest BCUT2D eigenvalue weighted by atomic mass is 79.9. The summed E-state index contributed by atoms with van der Waals surface area (Å²) in [6.07, 6.45) is 0. The summed E-state index contributed by atoms with van der Waals surface area (Å²) < 4.78 is 33.6. The molecule has 7 heteroatoms. The van der Waals surface area contributed by atoms with Crippen molar-refractivity contribution in [3.8, 4) is 0 Å². The highest BCUT2D eigenvalue weighted by Gasteiger charge is 2.23. The van der Waals surface area contributed by atoms with Crippen LogP contribution in [0, 0.1) is 13.8 Å². The Kier molecular flexibility index (Phi) is 4.82. The molecule has 4 nitrogen and oxygen atoms in total. The Morgan fingerprint density at radius 2 is 1.95 bits per heavy atom. The van der Waals surface area contributed by atoms with E-state index in [4.69, 9.17) is 16.0 Å². The molecule has 0 radical (unpaired) electrons. The van der Waals surface area contributed by atoms with Crippen LogP contribution in [0.2, 0.25) is 5.02 Å².